The molecule has 43 heavy (non-hydrogen) atoms. The predicted molar refractivity (Wildman–Crippen MR) is 181 cm³/mol. The summed E-state index contributed by atoms with van der Waals surface area (Å²) in [6, 6.07) is 28.2. The van der Waals surface area contributed by atoms with Gasteiger partial charge in [-0.2, -0.15) is 0 Å². The molecule has 0 amide bonds. The van der Waals surface area contributed by atoms with Crippen LogP contribution in [0.1, 0.15) is 75.3 Å². The molecule has 3 aromatic carbocycles. The van der Waals surface area contributed by atoms with E-state index in [1.807, 2.05) is 0 Å². The third-order valence-corrected chi connectivity index (χ3v) is 11.1. The van der Waals surface area contributed by atoms with Gasteiger partial charge in [0.05, 0.1) is 0 Å². The van der Waals surface area contributed by atoms with Gasteiger partial charge >= 0.3 is 0 Å². The van der Waals surface area contributed by atoms with Crippen molar-refractivity contribution in [3.8, 4) is 0 Å². The summed E-state index contributed by atoms with van der Waals surface area (Å²) in [5, 5.41) is 0. The first-order valence-electron chi connectivity index (χ1n) is 15.8. The van der Waals surface area contributed by atoms with Crippen LogP contribution < -0.4 is 0 Å². The number of hydrogen-bond donors (Lipinski definition) is 0. The number of rotatable bonds is 7. The zero-order valence-corrected chi connectivity index (χ0v) is 26.8. The van der Waals surface area contributed by atoms with Crippen molar-refractivity contribution in [2.75, 3.05) is 0 Å². The van der Waals surface area contributed by atoms with Crippen molar-refractivity contribution in [1.29, 1.82) is 0 Å². The van der Waals surface area contributed by atoms with Crippen molar-refractivity contribution in [2.24, 2.45) is 16.2 Å². The SMILES string of the molecule is C=C(C)C1=C(OCc2ccccc2)C[C@@]2(C)C[C@@]3(C)Cc4cccc(CCc5ccccc5)c4C(=C)C3=C(C)[C@@]2(C)C1=C. The quantitative estimate of drug-likeness (QED) is 0.276. The second-order valence-corrected chi connectivity index (χ2v) is 14.0. The van der Waals surface area contributed by atoms with Crippen LogP contribution in [0.2, 0.25) is 0 Å². The first-order chi connectivity index (χ1) is 20.5. The first-order valence-corrected chi connectivity index (χ1v) is 15.8. The van der Waals surface area contributed by atoms with E-state index in [1.165, 1.54) is 44.5 Å². The molecule has 0 N–H and O–H groups in total. The third kappa shape index (κ3) is 4.69. The van der Waals surface area contributed by atoms with Crippen LogP contribution in [0.15, 0.2) is 132 Å². The smallest absolute Gasteiger partial charge is 0.113 e. The summed E-state index contributed by atoms with van der Waals surface area (Å²) in [6.07, 6.45) is 5.00. The van der Waals surface area contributed by atoms with Crippen molar-refractivity contribution in [2.45, 2.75) is 73.3 Å². The minimum Gasteiger partial charge on any atom is -0.493 e. The Bertz CT molecular complexity index is 1680. The largest absolute Gasteiger partial charge is 0.493 e. The van der Waals surface area contributed by atoms with Crippen LogP contribution in [0, 0.1) is 16.2 Å². The molecule has 0 unspecified atom stereocenters. The molecule has 6 rings (SSSR count). The molecular formula is C42H46O. The van der Waals surface area contributed by atoms with E-state index in [9.17, 15) is 0 Å². The Labute approximate surface area is 259 Å². The lowest BCUT2D eigenvalue weighted by atomic mass is 9.42. The van der Waals surface area contributed by atoms with Gasteiger partial charge in [-0.1, -0.05) is 125 Å². The summed E-state index contributed by atoms with van der Waals surface area (Å²) in [6.45, 7) is 26.5. The number of fused-ring (bicyclic) bond motifs is 3. The maximum absolute atomic E-state index is 6.66. The van der Waals surface area contributed by atoms with Crippen molar-refractivity contribution in [1.82, 2.24) is 0 Å². The second kappa shape index (κ2) is 10.7. The topological polar surface area (TPSA) is 9.23 Å². The molecular weight excluding hydrogens is 520 g/mol. The molecule has 0 radical (unpaired) electrons. The Morgan fingerprint density at radius 2 is 1.47 bits per heavy atom. The molecule has 0 heterocycles. The Kier molecular flexibility index (Phi) is 7.28. The average Bonchev–Trinajstić information content (AvgIpc) is 2.97. The highest BCUT2D eigenvalue weighted by Crippen LogP contribution is 2.70. The van der Waals surface area contributed by atoms with E-state index in [-0.39, 0.29) is 16.2 Å². The average molecular weight is 567 g/mol. The van der Waals surface area contributed by atoms with E-state index in [4.69, 9.17) is 17.9 Å². The van der Waals surface area contributed by atoms with E-state index in [0.717, 1.165) is 54.6 Å². The molecule has 220 valence electrons. The predicted octanol–water partition coefficient (Wildman–Crippen LogP) is 10.8. The van der Waals surface area contributed by atoms with Gasteiger partial charge in [0, 0.05) is 17.4 Å². The van der Waals surface area contributed by atoms with Crippen LogP contribution in [0.4, 0.5) is 0 Å². The molecule has 0 aliphatic heterocycles. The van der Waals surface area contributed by atoms with E-state index < -0.39 is 0 Å². The Morgan fingerprint density at radius 3 is 2.12 bits per heavy atom. The number of aryl methyl sites for hydroxylation is 2. The Balaban J connectivity index is 1.42. The van der Waals surface area contributed by atoms with Crippen LogP contribution in [0.25, 0.3) is 5.57 Å². The molecule has 0 saturated carbocycles. The molecule has 0 bridgehead atoms. The number of hydrogen-bond acceptors (Lipinski definition) is 1. The summed E-state index contributed by atoms with van der Waals surface area (Å²) in [5.74, 6) is 1.04. The molecule has 0 fully saturated rings. The molecule has 1 heteroatoms. The minimum atomic E-state index is -0.227. The maximum atomic E-state index is 6.66. The first kappa shape index (κ1) is 29.2. The van der Waals surface area contributed by atoms with Crippen LogP contribution in [0.5, 0.6) is 0 Å². The second-order valence-electron chi connectivity index (χ2n) is 14.0. The fourth-order valence-electron chi connectivity index (χ4n) is 8.94. The van der Waals surface area contributed by atoms with E-state index in [0.29, 0.717) is 6.61 Å². The highest BCUT2D eigenvalue weighted by atomic mass is 16.5. The fraction of sp³-hybridized carbons (Fsp3) is 0.333. The lowest BCUT2D eigenvalue weighted by molar-refractivity contribution is 0.0279. The molecule has 0 spiro atoms. The molecule has 3 aliphatic rings. The Morgan fingerprint density at radius 1 is 0.814 bits per heavy atom. The Hall–Kier alpha value is -3.84. The third-order valence-electron chi connectivity index (χ3n) is 11.1. The molecule has 0 saturated heterocycles. The van der Waals surface area contributed by atoms with Gasteiger partial charge in [0.2, 0.25) is 0 Å². The summed E-state index contributed by atoms with van der Waals surface area (Å²) >= 11 is 0. The van der Waals surface area contributed by atoms with E-state index in [2.05, 4.69) is 120 Å². The maximum Gasteiger partial charge on any atom is 0.113 e. The van der Waals surface area contributed by atoms with Crippen LogP contribution in [0.3, 0.4) is 0 Å². The van der Waals surface area contributed by atoms with Gasteiger partial charge < -0.3 is 4.74 Å². The zero-order valence-electron chi connectivity index (χ0n) is 26.8. The fourth-order valence-corrected chi connectivity index (χ4v) is 8.94. The zero-order chi connectivity index (χ0) is 30.6. The van der Waals surface area contributed by atoms with Crippen molar-refractivity contribution >= 4 is 5.57 Å². The van der Waals surface area contributed by atoms with Crippen LogP contribution >= 0.6 is 0 Å². The van der Waals surface area contributed by atoms with Crippen molar-refractivity contribution < 1.29 is 4.74 Å². The van der Waals surface area contributed by atoms with E-state index in [1.54, 1.807) is 0 Å². The highest BCUT2D eigenvalue weighted by Gasteiger charge is 2.60. The van der Waals surface area contributed by atoms with Gasteiger partial charge in [0.15, 0.2) is 0 Å². The molecule has 3 aliphatic carbocycles. The van der Waals surface area contributed by atoms with Gasteiger partial charge in [-0.15, -0.1) is 0 Å². The van der Waals surface area contributed by atoms with Gasteiger partial charge in [-0.25, -0.2) is 0 Å². The lowest BCUT2D eigenvalue weighted by Gasteiger charge is -2.62. The van der Waals surface area contributed by atoms with Crippen LogP contribution in [-0.4, -0.2) is 0 Å². The lowest BCUT2D eigenvalue weighted by Crippen LogP contribution is -2.52. The number of ether oxygens (including phenoxy) is 1. The number of benzene rings is 3. The van der Waals surface area contributed by atoms with Crippen molar-refractivity contribution in [3.05, 3.63) is 160 Å². The van der Waals surface area contributed by atoms with Crippen LogP contribution in [-0.2, 0) is 30.6 Å². The summed E-state index contributed by atoms with van der Waals surface area (Å²) in [7, 11) is 0. The van der Waals surface area contributed by atoms with Gasteiger partial charge in [0.25, 0.3) is 0 Å². The molecule has 0 aromatic heterocycles. The highest BCUT2D eigenvalue weighted by molar-refractivity contribution is 5.86. The monoisotopic (exact) mass is 566 g/mol. The molecule has 1 nitrogen and oxygen atoms in total. The van der Waals surface area contributed by atoms with Gasteiger partial charge in [0.1, 0.15) is 12.4 Å². The minimum absolute atomic E-state index is 0.00791. The number of allylic oxidation sites excluding steroid dienone is 7. The molecule has 3 atom stereocenters. The van der Waals surface area contributed by atoms with Gasteiger partial charge in [-0.3, -0.25) is 0 Å². The summed E-state index contributed by atoms with van der Waals surface area (Å²) in [4.78, 5) is 0. The normalized spacial score (nSPS) is 26.5. The van der Waals surface area contributed by atoms with Gasteiger partial charge in [-0.05, 0) is 100 Å². The summed E-state index contributed by atoms with van der Waals surface area (Å²) in [5.41, 5.74) is 13.9. The van der Waals surface area contributed by atoms with Crippen molar-refractivity contribution in [3.63, 3.8) is 0 Å². The molecule has 3 aromatic rings. The van der Waals surface area contributed by atoms with E-state index >= 15 is 0 Å². The standard InChI is InChI=1S/C42H46O/c1-28(2)37-30(4)42(8)31(5)39-29(3)38-34(23-22-32-16-11-9-12-17-32)20-15-21-35(38)24-40(39,6)27-41(42,7)25-36(37)43-26-33-18-13-10-14-19-33/h9-21H,1,3-4,22-27H2,2,5-8H3/t40-,41+,42-/m1/s1. The summed E-state index contributed by atoms with van der Waals surface area (Å²) < 4.78 is 6.66.